The van der Waals surface area contributed by atoms with Crippen molar-refractivity contribution in [3.05, 3.63) is 40.4 Å². The molecule has 1 aromatic carbocycles. The van der Waals surface area contributed by atoms with Crippen LogP contribution in [0.15, 0.2) is 34.8 Å². The predicted molar refractivity (Wildman–Crippen MR) is 53.9 cm³/mol. The molecule has 12 heavy (non-hydrogen) atoms. The van der Waals surface area contributed by atoms with Crippen LogP contribution in [-0.2, 0) is 4.79 Å². The first-order valence-corrected chi connectivity index (χ1v) is 4.48. The molecule has 0 bridgehead atoms. The summed E-state index contributed by atoms with van der Waals surface area (Å²) >= 11 is 3.37. The minimum atomic E-state index is 0.479. The summed E-state index contributed by atoms with van der Waals surface area (Å²) in [5.74, 6) is 0. The fourth-order valence-corrected chi connectivity index (χ4v) is 1.29. The molecule has 0 heterocycles. The minimum Gasteiger partial charge on any atom is -0.303 e. The van der Waals surface area contributed by atoms with Crippen molar-refractivity contribution in [2.24, 2.45) is 0 Å². The second-order valence-corrected chi connectivity index (χ2v) is 3.28. The molecule has 62 valence electrons. The molecule has 0 radical (unpaired) electrons. The van der Waals surface area contributed by atoms with Gasteiger partial charge < -0.3 is 4.79 Å². The van der Waals surface area contributed by atoms with Crippen LogP contribution < -0.4 is 0 Å². The van der Waals surface area contributed by atoms with Crippen molar-refractivity contribution in [3.63, 3.8) is 0 Å². The Morgan fingerprint density at radius 1 is 1.42 bits per heavy atom. The fraction of sp³-hybridized carbons (Fsp3) is 0.100. The van der Waals surface area contributed by atoms with Gasteiger partial charge in [-0.15, -0.1) is 0 Å². The molecule has 0 amide bonds. The summed E-state index contributed by atoms with van der Waals surface area (Å²) in [5, 5.41) is 0. The Morgan fingerprint density at radius 3 is 2.92 bits per heavy atom. The van der Waals surface area contributed by atoms with Gasteiger partial charge in [0.1, 0.15) is 6.29 Å². The molecule has 0 unspecified atom stereocenters. The molecule has 2 heteroatoms. The van der Waals surface area contributed by atoms with Crippen LogP contribution in [-0.4, -0.2) is 6.29 Å². The highest BCUT2D eigenvalue weighted by atomic mass is 79.9. The summed E-state index contributed by atoms with van der Waals surface area (Å²) in [7, 11) is 0. The molecule has 0 aliphatic heterocycles. The molecule has 0 aliphatic carbocycles. The summed E-state index contributed by atoms with van der Waals surface area (Å²) in [6.07, 6.45) is 5.13. The molecule has 0 spiro atoms. The average Bonchev–Trinajstić information content (AvgIpc) is 2.05. The highest BCUT2D eigenvalue weighted by molar-refractivity contribution is 9.10. The third-order valence-electron chi connectivity index (χ3n) is 1.39. The molecule has 0 atom stereocenters. The fourth-order valence-electron chi connectivity index (χ4n) is 0.870. The molecule has 0 aliphatic rings. The summed E-state index contributed by atoms with van der Waals surface area (Å²) < 4.78 is 1.05. The number of aldehydes is 1. The van der Waals surface area contributed by atoms with Crippen molar-refractivity contribution in [1.82, 2.24) is 0 Å². The molecule has 1 rings (SSSR count). The molecule has 0 saturated heterocycles. The van der Waals surface area contributed by atoms with Crippen LogP contribution in [0.25, 0.3) is 6.08 Å². The Kier molecular flexibility index (Phi) is 3.74. The highest BCUT2D eigenvalue weighted by Gasteiger charge is 1.86. The van der Waals surface area contributed by atoms with Crippen LogP contribution in [0.3, 0.4) is 0 Å². The zero-order chi connectivity index (χ0) is 8.81. The van der Waals surface area contributed by atoms with Gasteiger partial charge in [0.05, 0.1) is 0 Å². The normalized spacial score (nSPS) is 10.4. The Balaban J connectivity index is 2.69. The Labute approximate surface area is 80.2 Å². The molecular weight excluding hydrogens is 216 g/mol. The van der Waals surface area contributed by atoms with Gasteiger partial charge in [0, 0.05) is 10.9 Å². The molecule has 0 N–H and O–H groups in total. The van der Waals surface area contributed by atoms with Crippen LogP contribution in [0.1, 0.15) is 12.0 Å². The van der Waals surface area contributed by atoms with E-state index in [1.54, 1.807) is 0 Å². The van der Waals surface area contributed by atoms with Crippen LogP contribution in [0.2, 0.25) is 0 Å². The van der Waals surface area contributed by atoms with Crippen molar-refractivity contribution in [2.45, 2.75) is 6.42 Å². The van der Waals surface area contributed by atoms with E-state index in [4.69, 9.17) is 0 Å². The van der Waals surface area contributed by atoms with Crippen LogP contribution in [0.4, 0.5) is 0 Å². The molecule has 1 nitrogen and oxygen atoms in total. The number of benzene rings is 1. The van der Waals surface area contributed by atoms with E-state index in [0.29, 0.717) is 6.42 Å². The maximum atomic E-state index is 10.0. The van der Waals surface area contributed by atoms with Crippen molar-refractivity contribution < 1.29 is 4.79 Å². The van der Waals surface area contributed by atoms with Crippen LogP contribution in [0.5, 0.6) is 0 Å². The summed E-state index contributed by atoms with van der Waals surface area (Å²) in [5.41, 5.74) is 1.10. The number of carbonyl (C=O) groups is 1. The zero-order valence-electron chi connectivity index (χ0n) is 6.53. The third-order valence-corrected chi connectivity index (χ3v) is 1.88. The summed E-state index contributed by atoms with van der Waals surface area (Å²) in [6.45, 7) is 0. The summed E-state index contributed by atoms with van der Waals surface area (Å²) in [6, 6.07) is 7.93. The second-order valence-electron chi connectivity index (χ2n) is 2.36. The molecule has 1 aromatic rings. The van der Waals surface area contributed by atoms with E-state index in [1.807, 2.05) is 36.4 Å². The lowest BCUT2D eigenvalue weighted by Crippen LogP contribution is -1.71. The van der Waals surface area contributed by atoms with Gasteiger partial charge in [-0.25, -0.2) is 0 Å². The average molecular weight is 225 g/mol. The second kappa shape index (κ2) is 4.88. The maximum Gasteiger partial charge on any atom is 0.123 e. The number of carbonyl (C=O) groups excluding carboxylic acids is 1. The van der Waals surface area contributed by atoms with Gasteiger partial charge in [0.15, 0.2) is 0 Å². The highest BCUT2D eigenvalue weighted by Crippen LogP contribution is 2.12. The largest absolute Gasteiger partial charge is 0.303 e. The monoisotopic (exact) mass is 224 g/mol. The zero-order valence-corrected chi connectivity index (χ0v) is 8.12. The SMILES string of the molecule is O=CCC=Cc1cccc(Br)c1. The van der Waals surface area contributed by atoms with Crippen molar-refractivity contribution in [3.8, 4) is 0 Å². The molecular formula is C10H9BrO. The lowest BCUT2D eigenvalue weighted by Gasteiger charge is -1.92. The smallest absolute Gasteiger partial charge is 0.123 e. The van der Waals surface area contributed by atoms with Crippen LogP contribution in [0, 0.1) is 0 Å². The summed E-state index contributed by atoms with van der Waals surface area (Å²) in [4.78, 5) is 10.0. The van der Waals surface area contributed by atoms with Crippen LogP contribution >= 0.6 is 15.9 Å². The van der Waals surface area contributed by atoms with E-state index in [0.717, 1.165) is 16.3 Å². The van der Waals surface area contributed by atoms with Gasteiger partial charge >= 0.3 is 0 Å². The molecule has 0 saturated carbocycles. The Morgan fingerprint density at radius 2 is 2.25 bits per heavy atom. The van der Waals surface area contributed by atoms with Gasteiger partial charge in [-0.2, -0.15) is 0 Å². The van der Waals surface area contributed by atoms with Gasteiger partial charge in [0.25, 0.3) is 0 Å². The third kappa shape index (κ3) is 3.01. The van der Waals surface area contributed by atoms with E-state index in [1.165, 1.54) is 0 Å². The van der Waals surface area contributed by atoms with E-state index in [-0.39, 0.29) is 0 Å². The van der Waals surface area contributed by atoms with Crippen molar-refractivity contribution >= 4 is 28.3 Å². The first-order chi connectivity index (χ1) is 5.83. The number of hydrogen-bond acceptors (Lipinski definition) is 1. The van der Waals surface area contributed by atoms with Gasteiger partial charge in [-0.1, -0.05) is 40.2 Å². The maximum absolute atomic E-state index is 10.0. The quantitative estimate of drug-likeness (QED) is 0.722. The molecule has 0 aromatic heterocycles. The Hall–Kier alpha value is -0.890. The first kappa shape index (κ1) is 9.20. The predicted octanol–water partition coefficient (Wildman–Crippen LogP) is 3.05. The van der Waals surface area contributed by atoms with Gasteiger partial charge in [-0.3, -0.25) is 0 Å². The number of allylic oxidation sites excluding steroid dienone is 1. The topological polar surface area (TPSA) is 17.1 Å². The van der Waals surface area contributed by atoms with E-state index in [9.17, 15) is 4.79 Å². The number of rotatable bonds is 3. The van der Waals surface area contributed by atoms with Crippen molar-refractivity contribution in [1.29, 1.82) is 0 Å². The number of halogens is 1. The van der Waals surface area contributed by atoms with E-state index >= 15 is 0 Å². The standard InChI is InChI=1S/C10H9BrO/c11-10-6-3-5-9(8-10)4-1-2-7-12/h1,3-8H,2H2. The van der Waals surface area contributed by atoms with E-state index < -0.39 is 0 Å². The lowest BCUT2D eigenvalue weighted by molar-refractivity contribution is -0.107. The van der Waals surface area contributed by atoms with Crippen molar-refractivity contribution in [2.75, 3.05) is 0 Å². The number of hydrogen-bond donors (Lipinski definition) is 0. The Bertz CT molecular complexity index is 292. The van der Waals surface area contributed by atoms with E-state index in [2.05, 4.69) is 15.9 Å². The first-order valence-electron chi connectivity index (χ1n) is 3.68. The van der Waals surface area contributed by atoms with Gasteiger partial charge in [-0.05, 0) is 17.7 Å². The lowest BCUT2D eigenvalue weighted by atomic mass is 10.2. The van der Waals surface area contributed by atoms with Gasteiger partial charge in [0.2, 0.25) is 0 Å². The minimum absolute atomic E-state index is 0.479. The molecule has 0 fully saturated rings.